The normalized spacial score (nSPS) is 18.0. The van der Waals surface area contributed by atoms with E-state index in [9.17, 15) is 5.11 Å². The van der Waals surface area contributed by atoms with Crippen molar-refractivity contribution in [2.75, 3.05) is 20.8 Å². The second-order valence-electron chi connectivity index (χ2n) is 6.47. The van der Waals surface area contributed by atoms with E-state index in [0.717, 1.165) is 16.8 Å². The van der Waals surface area contributed by atoms with Crippen molar-refractivity contribution in [3.8, 4) is 17.2 Å². The molecule has 29 heavy (non-hydrogen) atoms. The number of benzene rings is 2. The molecule has 1 N–H and O–H groups in total. The molecule has 7 nitrogen and oxygen atoms in total. The summed E-state index contributed by atoms with van der Waals surface area (Å²) in [4.78, 5) is 0. The largest absolute Gasteiger partial charge is 0.493 e. The van der Waals surface area contributed by atoms with E-state index in [2.05, 4.69) is 10.2 Å². The number of aliphatic hydroxyl groups excluding tert-OH is 1. The first-order valence-corrected chi connectivity index (χ1v) is 9.72. The van der Waals surface area contributed by atoms with Crippen LogP contribution in [0.15, 0.2) is 36.4 Å². The van der Waals surface area contributed by atoms with Gasteiger partial charge in [-0.1, -0.05) is 23.7 Å². The van der Waals surface area contributed by atoms with Gasteiger partial charge < -0.3 is 19.3 Å². The van der Waals surface area contributed by atoms with Gasteiger partial charge in [-0.2, -0.15) is 0 Å². The maximum absolute atomic E-state index is 9.61. The smallest absolute Gasteiger partial charge is 0.229 e. The molecule has 1 aliphatic heterocycles. The van der Waals surface area contributed by atoms with Gasteiger partial charge in [0.1, 0.15) is 12.2 Å². The molecule has 3 aromatic rings. The van der Waals surface area contributed by atoms with Gasteiger partial charge in [-0.25, -0.2) is 0 Å². The van der Waals surface area contributed by atoms with E-state index in [1.807, 2.05) is 30.3 Å². The summed E-state index contributed by atoms with van der Waals surface area (Å²) in [7, 11) is 3.16. The van der Waals surface area contributed by atoms with Crippen molar-refractivity contribution in [3.05, 3.63) is 63.7 Å². The van der Waals surface area contributed by atoms with Crippen molar-refractivity contribution in [2.45, 2.75) is 18.6 Å². The monoisotopic (exact) mass is 435 g/mol. The number of halogens is 2. The number of aliphatic hydroxyl groups is 1. The number of hydrogen-bond acceptors (Lipinski definition) is 6. The lowest BCUT2D eigenvalue weighted by molar-refractivity contribution is -0.00983. The number of hydrogen-bond donors (Lipinski definition) is 1. The zero-order valence-electron chi connectivity index (χ0n) is 15.8. The molecule has 0 amide bonds. The zero-order chi connectivity index (χ0) is 20.5. The minimum Gasteiger partial charge on any atom is -0.493 e. The molecule has 2 heterocycles. The van der Waals surface area contributed by atoms with E-state index in [4.69, 9.17) is 37.4 Å². The number of fused-ring (bicyclic) bond motifs is 3. The van der Waals surface area contributed by atoms with Crippen molar-refractivity contribution >= 4 is 23.2 Å². The summed E-state index contributed by atoms with van der Waals surface area (Å²) in [5.74, 6) is 1.65. The van der Waals surface area contributed by atoms with Gasteiger partial charge in [-0.3, -0.25) is 4.57 Å². The second-order valence-corrected chi connectivity index (χ2v) is 7.24. The topological polar surface area (TPSA) is 78.6 Å². The van der Waals surface area contributed by atoms with Gasteiger partial charge in [0.2, 0.25) is 5.28 Å². The van der Waals surface area contributed by atoms with Gasteiger partial charge in [-0.15, -0.1) is 10.2 Å². The molecule has 1 aliphatic rings. The van der Waals surface area contributed by atoms with Crippen LogP contribution in [0.25, 0.3) is 5.69 Å². The Kier molecular flexibility index (Phi) is 5.65. The van der Waals surface area contributed by atoms with E-state index in [-0.39, 0.29) is 11.9 Å². The van der Waals surface area contributed by atoms with Gasteiger partial charge >= 0.3 is 0 Å². The fourth-order valence-corrected chi connectivity index (χ4v) is 4.01. The van der Waals surface area contributed by atoms with Gasteiger partial charge in [0.05, 0.1) is 19.9 Å². The number of methoxy groups -OCH3 is 2. The predicted molar refractivity (Wildman–Crippen MR) is 108 cm³/mol. The van der Waals surface area contributed by atoms with Crippen LogP contribution in [-0.4, -0.2) is 40.7 Å². The second kappa shape index (κ2) is 8.20. The Morgan fingerprint density at radius 3 is 2.66 bits per heavy atom. The third-order valence-corrected chi connectivity index (χ3v) is 5.34. The fraction of sp³-hybridized carbons (Fsp3) is 0.300. The highest BCUT2D eigenvalue weighted by Gasteiger charge is 2.35. The van der Waals surface area contributed by atoms with E-state index in [0.29, 0.717) is 28.8 Å². The first kappa shape index (κ1) is 20.0. The molecule has 0 bridgehead atoms. The molecular weight excluding hydrogens is 417 g/mol. The van der Waals surface area contributed by atoms with E-state index >= 15 is 0 Å². The van der Waals surface area contributed by atoms with Crippen molar-refractivity contribution in [2.24, 2.45) is 0 Å². The van der Waals surface area contributed by atoms with Crippen LogP contribution in [0.5, 0.6) is 11.5 Å². The summed E-state index contributed by atoms with van der Waals surface area (Å²) in [6.45, 7) is -0.0891. The maximum atomic E-state index is 9.61. The Balaban J connectivity index is 1.98. The highest BCUT2D eigenvalue weighted by atomic mass is 35.5. The zero-order valence-corrected chi connectivity index (χ0v) is 17.3. The van der Waals surface area contributed by atoms with Crippen molar-refractivity contribution < 1.29 is 19.3 Å². The van der Waals surface area contributed by atoms with Crippen LogP contribution < -0.4 is 9.47 Å². The molecule has 0 fully saturated rings. The molecule has 0 unspecified atom stereocenters. The number of para-hydroxylation sites is 1. The number of ether oxygens (including phenoxy) is 3. The summed E-state index contributed by atoms with van der Waals surface area (Å²) < 4.78 is 19.3. The van der Waals surface area contributed by atoms with Gasteiger partial charge in [0.25, 0.3) is 0 Å². The minimum atomic E-state index is -0.567. The van der Waals surface area contributed by atoms with Crippen LogP contribution in [0.1, 0.15) is 35.6 Å². The van der Waals surface area contributed by atoms with E-state index in [1.165, 1.54) is 0 Å². The lowest BCUT2D eigenvalue weighted by Crippen LogP contribution is -2.13. The van der Waals surface area contributed by atoms with E-state index in [1.54, 1.807) is 24.9 Å². The van der Waals surface area contributed by atoms with Crippen molar-refractivity contribution in [1.82, 2.24) is 14.8 Å². The molecule has 9 heteroatoms. The Morgan fingerprint density at radius 1 is 1.10 bits per heavy atom. The van der Waals surface area contributed by atoms with Crippen LogP contribution in [0, 0.1) is 0 Å². The summed E-state index contributed by atoms with van der Waals surface area (Å²) in [5.41, 5.74) is 2.27. The van der Waals surface area contributed by atoms with Gasteiger partial charge in [0.15, 0.2) is 17.3 Å². The molecule has 0 aliphatic carbocycles. The third-order valence-electron chi connectivity index (χ3n) is 4.86. The summed E-state index contributed by atoms with van der Waals surface area (Å²) in [5, 5.41) is 18.5. The Morgan fingerprint density at radius 2 is 1.93 bits per heavy atom. The van der Waals surface area contributed by atoms with Gasteiger partial charge in [-0.05, 0) is 35.9 Å². The molecular formula is C20H19Cl2N3O4. The van der Waals surface area contributed by atoms with Crippen LogP contribution in [0.3, 0.4) is 0 Å². The molecule has 0 saturated heterocycles. The molecule has 0 spiro atoms. The van der Waals surface area contributed by atoms with Crippen LogP contribution >= 0.6 is 23.2 Å². The summed E-state index contributed by atoms with van der Waals surface area (Å²) >= 11 is 12.7. The molecule has 0 radical (unpaired) electrons. The number of rotatable bonds is 5. The predicted octanol–water partition coefficient (Wildman–Crippen LogP) is 4.13. The van der Waals surface area contributed by atoms with Crippen LogP contribution in [0.4, 0.5) is 0 Å². The Hall–Kier alpha value is -2.32. The Bertz CT molecular complexity index is 1040. The fourth-order valence-electron chi connectivity index (χ4n) is 3.62. The third kappa shape index (κ3) is 3.44. The SMILES string of the molecule is COc1cccc([C@@H]2O[C@@H](CCO)c3nnc(Cl)n3-c3ccc(Cl)cc32)c1OC. The molecule has 152 valence electrons. The van der Waals surface area contributed by atoms with Crippen LogP contribution in [-0.2, 0) is 4.74 Å². The first-order valence-electron chi connectivity index (χ1n) is 8.96. The average molecular weight is 436 g/mol. The maximum Gasteiger partial charge on any atom is 0.229 e. The van der Waals surface area contributed by atoms with Crippen molar-refractivity contribution in [3.63, 3.8) is 0 Å². The quantitative estimate of drug-likeness (QED) is 0.648. The lowest BCUT2D eigenvalue weighted by Gasteiger charge is -2.24. The van der Waals surface area contributed by atoms with E-state index < -0.39 is 12.2 Å². The Labute approximate surface area is 177 Å². The van der Waals surface area contributed by atoms with Crippen molar-refractivity contribution in [1.29, 1.82) is 0 Å². The number of nitrogens with zero attached hydrogens (tertiary/aromatic N) is 3. The summed E-state index contributed by atoms with van der Waals surface area (Å²) in [6, 6.07) is 11.0. The number of aromatic nitrogens is 3. The standard InChI is InChI=1S/C20H19Cl2N3O4/c1-27-15-5-3-4-12(18(15)28-2)17-13-10-11(21)6-7-14(13)25-19(23-24-20(25)22)16(29-17)8-9-26/h3-7,10,16-17,26H,8-9H2,1-2H3/t16-,17-/m0/s1. The highest BCUT2D eigenvalue weighted by Crippen LogP contribution is 2.46. The molecule has 2 atom stereocenters. The molecule has 1 aromatic heterocycles. The average Bonchev–Trinajstić information content (AvgIpc) is 3.05. The molecule has 2 aromatic carbocycles. The lowest BCUT2D eigenvalue weighted by atomic mass is 9.98. The van der Waals surface area contributed by atoms with Gasteiger partial charge in [0, 0.05) is 29.2 Å². The minimum absolute atomic E-state index is 0.0891. The first-order chi connectivity index (χ1) is 14.1. The highest BCUT2D eigenvalue weighted by molar-refractivity contribution is 6.30. The molecule has 4 rings (SSSR count). The van der Waals surface area contributed by atoms with Crippen LogP contribution in [0.2, 0.25) is 10.3 Å². The summed E-state index contributed by atoms with van der Waals surface area (Å²) in [6.07, 6.45) is -0.797. The molecule has 0 saturated carbocycles.